The summed E-state index contributed by atoms with van der Waals surface area (Å²) in [6, 6.07) is 0.351. The monoisotopic (exact) mass is 132 g/mol. The summed E-state index contributed by atoms with van der Waals surface area (Å²) in [5.41, 5.74) is 5.51. The van der Waals surface area contributed by atoms with Gasteiger partial charge in [0.15, 0.2) is 0 Å². The molecule has 0 bridgehead atoms. The van der Waals surface area contributed by atoms with Gasteiger partial charge in [-0.2, -0.15) is 0 Å². The molecule has 0 aromatic heterocycles. The van der Waals surface area contributed by atoms with Gasteiger partial charge in [0, 0.05) is 25.7 Å². The summed E-state index contributed by atoms with van der Waals surface area (Å²) in [5, 5.41) is 0. The van der Waals surface area contributed by atoms with Crippen LogP contribution in [0.4, 0.5) is 4.39 Å². The molecule has 2 nitrogen and oxygen atoms in total. The lowest BCUT2D eigenvalue weighted by molar-refractivity contribution is 0.145. The Bertz CT molecular complexity index is 81.1. The fourth-order valence-electron chi connectivity index (χ4n) is 1.08. The zero-order valence-electron chi connectivity index (χ0n) is 5.52. The largest absolute Gasteiger partial charge is 0.325 e. The van der Waals surface area contributed by atoms with Gasteiger partial charge in [0.1, 0.15) is 0 Å². The molecule has 54 valence electrons. The number of alkyl halides is 1. The minimum Gasteiger partial charge on any atom is -0.325 e. The lowest BCUT2D eigenvalue weighted by Crippen LogP contribution is -2.55. The van der Waals surface area contributed by atoms with Crippen LogP contribution in [0.5, 0.6) is 0 Å². The summed E-state index contributed by atoms with van der Waals surface area (Å²) in [5.74, 6) is 0. The lowest BCUT2D eigenvalue weighted by atomic mass is 10.1. The van der Waals surface area contributed by atoms with E-state index in [2.05, 4.69) is 4.90 Å². The molecule has 0 unspecified atom stereocenters. The van der Waals surface area contributed by atoms with E-state index < -0.39 is 0 Å². The van der Waals surface area contributed by atoms with Crippen molar-refractivity contribution in [2.75, 3.05) is 26.3 Å². The van der Waals surface area contributed by atoms with E-state index in [1.54, 1.807) is 0 Å². The van der Waals surface area contributed by atoms with Gasteiger partial charge in [-0.15, -0.1) is 0 Å². The molecule has 2 N–H and O–H groups in total. The van der Waals surface area contributed by atoms with Gasteiger partial charge in [-0.25, -0.2) is 0 Å². The number of nitrogens with zero attached hydrogens (tertiary/aromatic N) is 1. The zero-order valence-corrected chi connectivity index (χ0v) is 5.52. The van der Waals surface area contributed by atoms with E-state index in [0.29, 0.717) is 12.5 Å². The summed E-state index contributed by atoms with van der Waals surface area (Å²) in [6.45, 7) is 2.59. The molecular formula is C6H13FN2. The van der Waals surface area contributed by atoms with E-state index in [4.69, 9.17) is 5.73 Å². The Morgan fingerprint density at radius 2 is 2.22 bits per heavy atom. The van der Waals surface area contributed by atoms with Crippen molar-refractivity contribution in [2.24, 2.45) is 5.73 Å². The number of hydrogen-bond donors (Lipinski definition) is 1. The highest BCUT2D eigenvalue weighted by Crippen LogP contribution is 2.04. The van der Waals surface area contributed by atoms with Crippen molar-refractivity contribution in [1.82, 2.24) is 4.90 Å². The number of halogens is 1. The first-order valence-electron chi connectivity index (χ1n) is 3.37. The average molecular weight is 132 g/mol. The molecule has 0 amide bonds. The average Bonchev–Trinajstić information content (AvgIpc) is 1.78. The topological polar surface area (TPSA) is 29.3 Å². The SMILES string of the molecule is NC1CN(CCCF)C1. The molecule has 1 rings (SSSR count). The molecule has 0 saturated carbocycles. The molecule has 3 heteroatoms. The van der Waals surface area contributed by atoms with Crippen LogP contribution in [0.2, 0.25) is 0 Å². The maximum absolute atomic E-state index is 11.6. The predicted molar refractivity (Wildman–Crippen MR) is 35.0 cm³/mol. The summed E-state index contributed by atoms with van der Waals surface area (Å²) >= 11 is 0. The summed E-state index contributed by atoms with van der Waals surface area (Å²) < 4.78 is 11.6. The van der Waals surface area contributed by atoms with Gasteiger partial charge in [0.2, 0.25) is 0 Å². The van der Waals surface area contributed by atoms with Crippen molar-refractivity contribution in [3.05, 3.63) is 0 Å². The van der Waals surface area contributed by atoms with Crippen molar-refractivity contribution in [3.63, 3.8) is 0 Å². The second-order valence-electron chi connectivity index (χ2n) is 2.56. The Morgan fingerprint density at radius 1 is 1.56 bits per heavy atom. The first-order valence-corrected chi connectivity index (χ1v) is 3.37. The lowest BCUT2D eigenvalue weighted by Gasteiger charge is -2.36. The first-order chi connectivity index (χ1) is 4.33. The van der Waals surface area contributed by atoms with Gasteiger partial charge in [-0.1, -0.05) is 0 Å². The minimum absolute atomic E-state index is 0.203. The van der Waals surface area contributed by atoms with Gasteiger partial charge in [-0.3, -0.25) is 4.39 Å². The Balaban J connectivity index is 1.91. The first kappa shape index (κ1) is 6.96. The molecule has 1 aliphatic rings. The molecule has 0 aliphatic carbocycles. The summed E-state index contributed by atoms with van der Waals surface area (Å²) in [4.78, 5) is 2.17. The molecule has 1 fully saturated rings. The van der Waals surface area contributed by atoms with Crippen LogP contribution in [0.1, 0.15) is 6.42 Å². The van der Waals surface area contributed by atoms with Gasteiger partial charge in [0.05, 0.1) is 6.67 Å². The van der Waals surface area contributed by atoms with Crippen LogP contribution in [-0.4, -0.2) is 37.3 Å². The Labute approximate surface area is 54.8 Å². The van der Waals surface area contributed by atoms with Crippen molar-refractivity contribution in [2.45, 2.75) is 12.5 Å². The molecule has 1 saturated heterocycles. The molecule has 1 aliphatic heterocycles. The van der Waals surface area contributed by atoms with Crippen LogP contribution in [0.15, 0.2) is 0 Å². The second-order valence-corrected chi connectivity index (χ2v) is 2.56. The fourth-order valence-corrected chi connectivity index (χ4v) is 1.08. The van der Waals surface area contributed by atoms with Gasteiger partial charge in [0.25, 0.3) is 0 Å². The molecule has 0 radical (unpaired) electrons. The summed E-state index contributed by atoms with van der Waals surface area (Å²) in [7, 11) is 0. The third-order valence-corrected chi connectivity index (χ3v) is 1.59. The van der Waals surface area contributed by atoms with Crippen molar-refractivity contribution < 1.29 is 4.39 Å². The van der Waals surface area contributed by atoms with Gasteiger partial charge in [-0.05, 0) is 6.42 Å². The Morgan fingerprint density at radius 3 is 2.67 bits per heavy atom. The normalized spacial score (nSPS) is 22.0. The molecule has 0 atom stereocenters. The summed E-state index contributed by atoms with van der Waals surface area (Å²) in [6.07, 6.45) is 0.659. The van der Waals surface area contributed by atoms with Gasteiger partial charge >= 0.3 is 0 Å². The van der Waals surface area contributed by atoms with Crippen LogP contribution < -0.4 is 5.73 Å². The Kier molecular flexibility index (Phi) is 2.42. The van der Waals surface area contributed by atoms with E-state index >= 15 is 0 Å². The number of nitrogens with two attached hydrogens (primary N) is 1. The number of rotatable bonds is 3. The molecule has 0 spiro atoms. The molecule has 9 heavy (non-hydrogen) atoms. The highest BCUT2D eigenvalue weighted by molar-refractivity contribution is 4.81. The maximum atomic E-state index is 11.6. The molecule has 0 aromatic carbocycles. The smallest absolute Gasteiger partial charge is 0.0906 e. The third kappa shape index (κ3) is 1.91. The van der Waals surface area contributed by atoms with Crippen LogP contribution >= 0.6 is 0 Å². The number of hydrogen-bond acceptors (Lipinski definition) is 2. The van der Waals surface area contributed by atoms with E-state index in [9.17, 15) is 4.39 Å². The van der Waals surface area contributed by atoms with E-state index in [1.807, 2.05) is 0 Å². The van der Waals surface area contributed by atoms with E-state index in [1.165, 1.54) is 0 Å². The number of likely N-dealkylation sites (tertiary alicyclic amines) is 1. The van der Waals surface area contributed by atoms with Crippen LogP contribution in [-0.2, 0) is 0 Å². The third-order valence-electron chi connectivity index (χ3n) is 1.59. The second kappa shape index (κ2) is 3.13. The Hall–Kier alpha value is -0.150. The quantitative estimate of drug-likeness (QED) is 0.585. The van der Waals surface area contributed by atoms with E-state index in [0.717, 1.165) is 19.6 Å². The minimum atomic E-state index is -0.203. The zero-order chi connectivity index (χ0) is 6.69. The molecule has 1 heterocycles. The predicted octanol–water partition coefficient (Wildman–Crippen LogP) is -0.0111. The van der Waals surface area contributed by atoms with Crippen molar-refractivity contribution in [3.8, 4) is 0 Å². The van der Waals surface area contributed by atoms with Crippen LogP contribution in [0.3, 0.4) is 0 Å². The van der Waals surface area contributed by atoms with Crippen molar-refractivity contribution >= 4 is 0 Å². The highest BCUT2D eigenvalue weighted by atomic mass is 19.1. The standard InChI is InChI=1S/C6H13FN2/c7-2-1-3-9-4-6(8)5-9/h6H,1-5,8H2. The fraction of sp³-hybridized carbons (Fsp3) is 1.00. The highest BCUT2D eigenvalue weighted by Gasteiger charge is 2.21. The molecule has 0 aromatic rings. The van der Waals surface area contributed by atoms with Crippen LogP contribution in [0, 0.1) is 0 Å². The van der Waals surface area contributed by atoms with Crippen molar-refractivity contribution in [1.29, 1.82) is 0 Å². The van der Waals surface area contributed by atoms with E-state index in [-0.39, 0.29) is 6.67 Å². The van der Waals surface area contributed by atoms with Crippen LogP contribution in [0.25, 0.3) is 0 Å². The molecular weight excluding hydrogens is 119 g/mol. The van der Waals surface area contributed by atoms with Gasteiger partial charge < -0.3 is 10.6 Å². The maximum Gasteiger partial charge on any atom is 0.0906 e.